The Morgan fingerprint density at radius 3 is 1.04 bits per heavy atom. The molecule has 0 N–H and O–H groups in total. The highest BCUT2D eigenvalue weighted by Crippen LogP contribution is 2.44. The van der Waals surface area contributed by atoms with Gasteiger partial charge in [-0.25, -0.2) is 0 Å². The van der Waals surface area contributed by atoms with E-state index in [1.165, 1.54) is 90.7 Å². The molecule has 0 radical (unpaired) electrons. The third-order valence-electron chi connectivity index (χ3n) is 17.4. The molecule has 0 fully saturated rings. The Balaban J connectivity index is 0.944. The Morgan fingerprint density at radius 1 is 0.338 bits per heavy atom. The van der Waals surface area contributed by atoms with Gasteiger partial charge in [0.1, 0.15) is 0 Å². The van der Waals surface area contributed by atoms with Gasteiger partial charge in [-0.2, -0.15) is 0 Å². The highest BCUT2D eigenvalue weighted by Gasteiger charge is 2.27. The first kappa shape index (κ1) is 53.6. The second kappa shape index (κ2) is 22.8. The van der Waals surface area contributed by atoms with E-state index in [0.717, 1.165) is 64.0 Å². The summed E-state index contributed by atoms with van der Waals surface area (Å²) in [6.07, 6.45) is 4.56. The zero-order valence-electron chi connectivity index (χ0n) is 48.7. The third kappa shape index (κ3) is 10.9. The second-order valence-corrected chi connectivity index (χ2v) is 23.2. The molecule has 2 unspecified atom stereocenters. The van der Waals surface area contributed by atoms with E-state index in [1.807, 2.05) is 0 Å². The van der Waals surface area contributed by atoms with Gasteiger partial charge in [0.15, 0.2) is 0 Å². The zero-order chi connectivity index (χ0) is 55.7. The fraction of sp³-hybridized carbons (Fsp3) is 0.221. The summed E-state index contributed by atoms with van der Waals surface area (Å²) in [5.41, 5.74) is 28.4. The smallest absolute Gasteiger partial charge is 0.0463 e. The standard InChI is InChI=1S/C77H77N3/c1-11-55(6)75-50-63(28-19-57(75)8)77(9,10)64-29-48-74(76(51-64)56(7)12-2)60-26-38-69(39-27-60)79(67-34-17-54(5)18-35-67)71-42-46-73(47-43-71)80(68-36-24-59(25-37-68)62-23-21-58-20-22-61(58)49-62)72-44-40-70(41-45-72)78(65-30-13-52(3)14-31-65)66-32-15-53(4)16-33-66/h13-19,21,23-51,55-56H,11-12,20,22H2,1-10H3. The van der Waals surface area contributed by atoms with E-state index in [-0.39, 0.29) is 5.41 Å². The number of aryl methyl sites for hydroxylation is 6. The number of hydrogen-bond donors (Lipinski definition) is 0. The molecule has 10 aromatic carbocycles. The minimum absolute atomic E-state index is 0.147. The van der Waals surface area contributed by atoms with Crippen molar-refractivity contribution in [1.82, 2.24) is 0 Å². The van der Waals surface area contributed by atoms with Crippen LogP contribution in [-0.4, -0.2) is 0 Å². The van der Waals surface area contributed by atoms with Gasteiger partial charge in [-0.05, 0) is 236 Å². The van der Waals surface area contributed by atoms with E-state index >= 15 is 0 Å². The lowest BCUT2D eigenvalue weighted by molar-refractivity contribution is 0.631. The van der Waals surface area contributed by atoms with Gasteiger partial charge in [0.2, 0.25) is 0 Å². The van der Waals surface area contributed by atoms with Gasteiger partial charge in [0, 0.05) is 56.6 Å². The molecule has 2 atom stereocenters. The molecule has 0 saturated carbocycles. The minimum Gasteiger partial charge on any atom is -0.311 e. The monoisotopic (exact) mass is 1040 g/mol. The highest BCUT2D eigenvalue weighted by molar-refractivity contribution is 5.85. The van der Waals surface area contributed by atoms with Crippen molar-refractivity contribution in [2.75, 3.05) is 14.7 Å². The van der Waals surface area contributed by atoms with E-state index in [2.05, 4.69) is 308 Å². The first-order valence-electron chi connectivity index (χ1n) is 29.1. The summed E-state index contributed by atoms with van der Waals surface area (Å²) < 4.78 is 0. The zero-order valence-corrected chi connectivity index (χ0v) is 48.7. The average molecular weight is 1040 g/mol. The SMILES string of the molecule is CCC(C)c1cc(C(C)(C)c2ccc(-c3ccc(N(c4ccc(C)cc4)c4ccc(N(c5ccc(-c6ccc7c(c6)CC7)cc5)c5ccc(N(c6ccc(C)cc6)c6ccc(C)cc6)cc5)cc4)cc3)c(C(C)CC)c2)ccc1C. The largest absolute Gasteiger partial charge is 0.311 e. The second-order valence-electron chi connectivity index (χ2n) is 23.2. The average Bonchev–Trinajstić information content (AvgIpc) is 3.53. The summed E-state index contributed by atoms with van der Waals surface area (Å²) >= 11 is 0. The van der Waals surface area contributed by atoms with E-state index in [4.69, 9.17) is 0 Å². The van der Waals surface area contributed by atoms with Crippen molar-refractivity contribution in [1.29, 1.82) is 0 Å². The summed E-state index contributed by atoms with van der Waals surface area (Å²) in [5, 5.41) is 0. The molecule has 400 valence electrons. The van der Waals surface area contributed by atoms with Gasteiger partial charge in [-0.3, -0.25) is 0 Å². The number of rotatable bonds is 17. The molecule has 0 aromatic heterocycles. The van der Waals surface area contributed by atoms with Crippen molar-refractivity contribution in [3.63, 3.8) is 0 Å². The quantitative estimate of drug-likeness (QED) is 0.0900. The third-order valence-corrected chi connectivity index (χ3v) is 17.4. The van der Waals surface area contributed by atoms with Crippen molar-refractivity contribution in [2.24, 2.45) is 0 Å². The maximum absolute atomic E-state index is 2.50. The van der Waals surface area contributed by atoms with Crippen LogP contribution in [-0.2, 0) is 18.3 Å². The molecule has 80 heavy (non-hydrogen) atoms. The Morgan fingerprint density at radius 2 is 0.662 bits per heavy atom. The fourth-order valence-corrected chi connectivity index (χ4v) is 11.7. The number of benzene rings is 10. The van der Waals surface area contributed by atoms with Crippen molar-refractivity contribution >= 4 is 51.2 Å². The molecule has 1 aliphatic rings. The first-order chi connectivity index (χ1) is 38.8. The lowest BCUT2D eigenvalue weighted by Crippen LogP contribution is -2.20. The summed E-state index contributed by atoms with van der Waals surface area (Å²) in [4.78, 5) is 7.11. The van der Waals surface area contributed by atoms with Crippen LogP contribution >= 0.6 is 0 Å². The van der Waals surface area contributed by atoms with Gasteiger partial charge in [0.05, 0.1) is 0 Å². The topological polar surface area (TPSA) is 9.72 Å². The van der Waals surface area contributed by atoms with Crippen molar-refractivity contribution in [3.8, 4) is 22.3 Å². The maximum atomic E-state index is 2.50. The van der Waals surface area contributed by atoms with Crippen LogP contribution in [0.25, 0.3) is 22.3 Å². The van der Waals surface area contributed by atoms with Gasteiger partial charge < -0.3 is 14.7 Å². The van der Waals surface area contributed by atoms with Crippen LogP contribution in [0.2, 0.25) is 0 Å². The van der Waals surface area contributed by atoms with Crippen LogP contribution in [0, 0.1) is 27.7 Å². The molecule has 0 heterocycles. The summed E-state index contributed by atoms with van der Waals surface area (Å²) in [7, 11) is 0. The van der Waals surface area contributed by atoms with E-state index in [1.54, 1.807) is 0 Å². The van der Waals surface area contributed by atoms with Gasteiger partial charge in [-0.15, -0.1) is 0 Å². The predicted octanol–water partition coefficient (Wildman–Crippen LogP) is 22.1. The first-order valence-corrected chi connectivity index (χ1v) is 29.1. The molecule has 0 bridgehead atoms. The van der Waals surface area contributed by atoms with E-state index in [9.17, 15) is 0 Å². The van der Waals surface area contributed by atoms with E-state index < -0.39 is 0 Å². The lowest BCUT2D eigenvalue weighted by Gasteiger charge is -2.30. The molecule has 10 aromatic rings. The molecule has 0 saturated heterocycles. The molecule has 0 spiro atoms. The maximum Gasteiger partial charge on any atom is 0.0463 e. The molecule has 3 heteroatoms. The fourth-order valence-electron chi connectivity index (χ4n) is 11.7. The summed E-state index contributed by atoms with van der Waals surface area (Å²) in [5.74, 6) is 0.935. The van der Waals surface area contributed by atoms with Crippen molar-refractivity contribution in [3.05, 3.63) is 280 Å². The highest BCUT2D eigenvalue weighted by atomic mass is 15.2. The molecular formula is C77H77N3. The van der Waals surface area contributed by atoms with Crippen LogP contribution in [0.3, 0.4) is 0 Å². The van der Waals surface area contributed by atoms with Crippen LogP contribution in [0.15, 0.2) is 224 Å². The van der Waals surface area contributed by atoms with Gasteiger partial charge in [0.25, 0.3) is 0 Å². The lowest BCUT2D eigenvalue weighted by atomic mass is 9.74. The molecule has 1 aliphatic carbocycles. The Labute approximate surface area is 477 Å². The molecule has 0 aliphatic heterocycles. The Bertz CT molecular complexity index is 3690. The molecule has 3 nitrogen and oxygen atoms in total. The Hall–Kier alpha value is -8.40. The molecular weight excluding hydrogens is 967 g/mol. The number of nitrogens with zero attached hydrogens (tertiary/aromatic N) is 3. The van der Waals surface area contributed by atoms with Crippen molar-refractivity contribution < 1.29 is 0 Å². The van der Waals surface area contributed by atoms with Crippen LogP contribution < -0.4 is 14.7 Å². The van der Waals surface area contributed by atoms with Gasteiger partial charge in [-0.1, -0.05) is 173 Å². The summed E-state index contributed by atoms with van der Waals surface area (Å²) in [6.45, 7) is 22.8. The van der Waals surface area contributed by atoms with Crippen LogP contribution in [0.5, 0.6) is 0 Å². The van der Waals surface area contributed by atoms with Gasteiger partial charge >= 0.3 is 0 Å². The van der Waals surface area contributed by atoms with E-state index in [0.29, 0.717) is 11.8 Å². The van der Waals surface area contributed by atoms with Crippen LogP contribution in [0.1, 0.15) is 122 Å². The summed E-state index contributed by atoms with van der Waals surface area (Å²) in [6, 6.07) is 84.4. The number of anilines is 9. The molecule has 0 amide bonds. The molecule has 11 rings (SSSR count). The number of fused-ring (bicyclic) bond motifs is 1. The normalized spacial score (nSPS) is 12.8. The number of hydrogen-bond acceptors (Lipinski definition) is 3. The predicted molar refractivity (Wildman–Crippen MR) is 344 cm³/mol. The minimum atomic E-state index is -0.147. The van der Waals surface area contributed by atoms with Crippen LogP contribution in [0.4, 0.5) is 51.2 Å². The van der Waals surface area contributed by atoms with Crippen molar-refractivity contribution in [2.45, 2.75) is 112 Å². The Kier molecular flexibility index (Phi) is 15.2.